The van der Waals surface area contributed by atoms with E-state index in [-0.39, 0.29) is 22.4 Å². The Morgan fingerprint density at radius 2 is 1.56 bits per heavy atom. The first-order valence-electron chi connectivity index (χ1n) is 9.56. The van der Waals surface area contributed by atoms with Crippen molar-refractivity contribution in [3.05, 3.63) is 89.2 Å². The molecular weight excluding hydrogens is 415 g/mol. The molecular formula is C25H21FO6. The van der Waals surface area contributed by atoms with Gasteiger partial charge in [0.1, 0.15) is 17.3 Å². The maximum atomic E-state index is 13.8. The van der Waals surface area contributed by atoms with Gasteiger partial charge in [-0.2, -0.15) is 0 Å². The number of carbonyl (C=O) groups excluding carboxylic acids is 2. The number of carbonyl (C=O) groups is 2. The molecule has 0 amide bonds. The maximum absolute atomic E-state index is 13.8. The third-order valence-electron chi connectivity index (χ3n) is 4.60. The zero-order valence-electron chi connectivity index (χ0n) is 17.8. The van der Waals surface area contributed by atoms with Crippen molar-refractivity contribution in [2.45, 2.75) is 0 Å². The zero-order chi connectivity index (χ0) is 23.1. The van der Waals surface area contributed by atoms with Gasteiger partial charge in [-0.15, -0.1) is 0 Å². The summed E-state index contributed by atoms with van der Waals surface area (Å²) in [5.41, 5.74) is 0.580. The summed E-state index contributed by atoms with van der Waals surface area (Å²) in [6.45, 7) is 0. The molecule has 0 fully saturated rings. The van der Waals surface area contributed by atoms with Crippen LogP contribution >= 0.6 is 0 Å². The van der Waals surface area contributed by atoms with Gasteiger partial charge in [-0.1, -0.05) is 18.2 Å². The molecule has 0 aliphatic carbocycles. The standard InChI is InChI=1S/C25H21FO6/c1-29-18-10-11-19(21(27)12-8-16-6-4-5-7-20(16)26)23(15-18)32-25(28)17-9-13-22(30-2)24(14-17)31-3/h4-15H,1-3H3. The van der Waals surface area contributed by atoms with Gasteiger partial charge in [-0.3, -0.25) is 4.79 Å². The molecule has 0 spiro atoms. The van der Waals surface area contributed by atoms with E-state index in [9.17, 15) is 14.0 Å². The van der Waals surface area contributed by atoms with E-state index in [1.807, 2.05) is 0 Å². The number of halogens is 1. The third-order valence-corrected chi connectivity index (χ3v) is 4.60. The van der Waals surface area contributed by atoms with Crippen molar-refractivity contribution in [3.63, 3.8) is 0 Å². The summed E-state index contributed by atoms with van der Waals surface area (Å²) in [6.07, 6.45) is 2.58. The minimum absolute atomic E-state index is 0.00678. The Bertz CT molecular complexity index is 1170. The van der Waals surface area contributed by atoms with E-state index in [0.717, 1.165) is 0 Å². The van der Waals surface area contributed by atoms with Gasteiger partial charge in [0.2, 0.25) is 0 Å². The third kappa shape index (κ3) is 5.13. The lowest BCUT2D eigenvalue weighted by Gasteiger charge is -2.12. The molecule has 32 heavy (non-hydrogen) atoms. The Labute approximate surface area is 184 Å². The predicted octanol–water partition coefficient (Wildman–Crippen LogP) is 4.97. The number of rotatable bonds is 8. The molecule has 0 heterocycles. The van der Waals surface area contributed by atoms with Crippen LogP contribution in [-0.2, 0) is 0 Å². The molecule has 0 unspecified atom stereocenters. The first kappa shape index (κ1) is 22.6. The van der Waals surface area contributed by atoms with Gasteiger partial charge in [0, 0.05) is 11.6 Å². The Morgan fingerprint density at radius 3 is 2.25 bits per heavy atom. The molecule has 0 saturated heterocycles. The van der Waals surface area contributed by atoms with Crippen LogP contribution in [0.15, 0.2) is 66.7 Å². The number of allylic oxidation sites excluding steroid dienone is 1. The van der Waals surface area contributed by atoms with Crippen LogP contribution in [0.2, 0.25) is 0 Å². The van der Waals surface area contributed by atoms with Crippen molar-refractivity contribution in [3.8, 4) is 23.0 Å². The fourth-order valence-electron chi connectivity index (χ4n) is 2.91. The van der Waals surface area contributed by atoms with Crippen LogP contribution in [0.4, 0.5) is 4.39 Å². The second-order valence-corrected chi connectivity index (χ2v) is 6.54. The smallest absolute Gasteiger partial charge is 0.343 e. The highest BCUT2D eigenvalue weighted by atomic mass is 19.1. The van der Waals surface area contributed by atoms with Crippen molar-refractivity contribution in [2.75, 3.05) is 21.3 Å². The first-order valence-corrected chi connectivity index (χ1v) is 9.56. The van der Waals surface area contributed by atoms with Crippen LogP contribution in [0, 0.1) is 5.82 Å². The lowest BCUT2D eigenvalue weighted by Crippen LogP contribution is -2.11. The SMILES string of the molecule is COc1ccc(C(=O)C=Cc2ccccc2F)c(OC(=O)c2ccc(OC)c(OC)c2)c1. The average Bonchev–Trinajstić information content (AvgIpc) is 2.82. The van der Waals surface area contributed by atoms with Gasteiger partial charge in [0.15, 0.2) is 17.3 Å². The molecule has 0 aromatic heterocycles. The van der Waals surface area contributed by atoms with E-state index < -0.39 is 17.6 Å². The monoisotopic (exact) mass is 436 g/mol. The molecule has 3 rings (SSSR count). The second-order valence-electron chi connectivity index (χ2n) is 6.54. The van der Waals surface area contributed by atoms with Crippen molar-refractivity contribution in [1.29, 1.82) is 0 Å². The lowest BCUT2D eigenvalue weighted by molar-refractivity contribution is 0.0732. The fourth-order valence-corrected chi connectivity index (χ4v) is 2.91. The molecule has 0 aliphatic rings. The first-order chi connectivity index (χ1) is 15.5. The summed E-state index contributed by atoms with van der Waals surface area (Å²) < 4.78 is 34.9. The van der Waals surface area contributed by atoms with E-state index in [0.29, 0.717) is 17.2 Å². The molecule has 0 N–H and O–H groups in total. The van der Waals surface area contributed by atoms with Crippen LogP contribution in [0.25, 0.3) is 6.08 Å². The van der Waals surface area contributed by atoms with E-state index in [4.69, 9.17) is 18.9 Å². The Kier molecular flexibility index (Phi) is 7.23. The van der Waals surface area contributed by atoms with Crippen LogP contribution < -0.4 is 18.9 Å². The molecule has 0 aliphatic heterocycles. The number of methoxy groups -OCH3 is 3. The fraction of sp³-hybridized carbons (Fsp3) is 0.120. The molecule has 7 heteroatoms. The van der Waals surface area contributed by atoms with Crippen molar-refractivity contribution < 1.29 is 32.9 Å². The highest BCUT2D eigenvalue weighted by Crippen LogP contribution is 2.30. The van der Waals surface area contributed by atoms with Crippen LogP contribution in [-0.4, -0.2) is 33.1 Å². The van der Waals surface area contributed by atoms with Crippen molar-refractivity contribution in [2.24, 2.45) is 0 Å². The largest absolute Gasteiger partial charge is 0.497 e. The summed E-state index contributed by atoms with van der Waals surface area (Å²) in [5, 5.41) is 0. The number of ketones is 1. The number of benzene rings is 3. The van der Waals surface area contributed by atoms with Crippen molar-refractivity contribution >= 4 is 17.8 Å². The molecule has 3 aromatic rings. The molecule has 0 radical (unpaired) electrons. The molecule has 6 nitrogen and oxygen atoms in total. The molecule has 0 saturated carbocycles. The van der Waals surface area contributed by atoms with E-state index >= 15 is 0 Å². The summed E-state index contributed by atoms with van der Waals surface area (Å²) in [6, 6.07) is 15.1. The Hall–Kier alpha value is -4.13. The Morgan fingerprint density at radius 1 is 0.812 bits per heavy atom. The van der Waals surface area contributed by atoms with Gasteiger partial charge in [-0.25, -0.2) is 9.18 Å². The Balaban J connectivity index is 1.90. The number of hydrogen-bond donors (Lipinski definition) is 0. The van der Waals surface area contributed by atoms with Crippen LogP contribution in [0.3, 0.4) is 0 Å². The van der Waals surface area contributed by atoms with Crippen molar-refractivity contribution in [1.82, 2.24) is 0 Å². The second kappa shape index (κ2) is 10.3. The van der Waals surface area contributed by atoms with Gasteiger partial charge in [-0.05, 0) is 48.6 Å². The van der Waals surface area contributed by atoms with Crippen LogP contribution in [0.5, 0.6) is 23.0 Å². The molecule has 0 bridgehead atoms. The zero-order valence-corrected chi connectivity index (χ0v) is 17.8. The number of esters is 1. The summed E-state index contributed by atoms with van der Waals surface area (Å²) in [5.74, 6) is -0.401. The molecule has 3 aromatic carbocycles. The highest BCUT2D eigenvalue weighted by Gasteiger charge is 2.18. The highest BCUT2D eigenvalue weighted by molar-refractivity contribution is 6.09. The van der Waals surface area contributed by atoms with Gasteiger partial charge in [0.05, 0.1) is 32.5 Å². The average molecular weight is 436 g/mol. The quantitative estimate of drug-likeness (QED) is 0.215. The normalized spacial score (nSPS) is 10.6. The number of hydrogen-bond acceptors (Lipinski definition) is 6. The summed E-state index contributed by atoms with van der Waals surface area (Å²) in [4.78, 5) is 25.5. The summed E-state index contributed by atoms with van der Waals surface area (Å²) in [7, 11) is 4.39. The lowest BCUT2D eigenvalue weighted by atomic mass is 10.1. The maximum Gasteiger partial charge on any atom is 0.343 e. The van der Waals surface area contributed by atoms with E-state index in [1.165, 1.54) is 63.8 Å². The topological polar surface area (TPSA) is 71.1 Å². The van der Waals surface area contributed by atoms with Gasteiger partial charge in [0.25, 0.3) is 0 Å². The minimum atomic E-state index is -0.702. The molecule has 0 atom stereocenters. The van der Waals surface area contributed by atoms with Gasteiger partial charge >= 0.3 is 5.97 Å². The van der Waals surface area contributed by atoms with Crippen LogP contribution in [0.1, 0.15) is 26.3 Å². The summed E-state index contributed by atoms with van der Waals surface area (Å²) >= 11 is 0. The minimum Gasteiger partial charge on any atom is -0.497 e. The van der Waals surface area contributed by atoms with Gasteiger partial charge < -0.3 is 18.9 Å². The number of ether oxygens (including phenoxy) is 4. The van der Waals surface area contributed by atoms with E-state index in [2.05, 4.69) is 0 Å². The molecule has 164 valence electrons. The predicted molar refractivity (Wildman–Crippen MR) is 117 cm³/mol. The van der Waals surface area contributed by atoms with E-state index in [1.54, 1.807) is 30.3 Å².